The summed E-state index contributed by atoms with van der Waals surface area (Å²) < 4.78 is 2.00. The highest BCUT2D eigenvalue weighted by molar-refractivity contribution is 5.96. The number of carbonyl (C=O) groups excluding carboxylic acids is 1. The van der Waals surface area contributed by atoms with Gasteiger partial charge in [0.1, 0.15) is 0 Å². The molecule has 1 aliphatic heterocycles. The van der Waals surface area contributed by atoms with E-state index in [4.69, 9.17) is 5.10 Å². The standard InChI is InChI=1S/C34H29N3O/c1-22-14-16-28(17-15-22)37-30-18-23(2)29(19-27(30)20-35-37)34-24(3)36(21-25-10-6-4-7-11-25)33(38)32(34)31(34)26-12-8-5-9-13-26/h4-20,31-32H,3,21H2,1-2H3. The van der Waals surface area contributed by atoms with E-state index in [-0.39, 0.29) is 17.7 Å². The molecule has 2 heterocycles. The summed E-state index contributed by atoms with van der Waals surface area (Å²) in [6, 6.07) is 33.5. The highest BCUT2D eigenvalue weighted by Crippen LogP contribution is 2.74. The Morgan fingerprint density at radius 1 is 0.868 bits per heavy atom. The van der Waals surface area contributed by atoms with Crippen LogP contribution >= 0.6 is 0 Å². The quantitative estimate of drug-likeness (QED) is 0.267. The largest absolute Gasteiger partial charge is 0.311 e. The van der Waals surface area contributed by atoms with Crippen LogP contribution < -0.4 is 0 Å². The topological polar surface area (TPSA) is 38.1 Å². The van der Waals surface area contributed by atoms with Gasteiger partial charge in [-0.05, 0) is 60.4 Å². The average molecular weight is 496 g/mol. The van der Waals surface area contributed by atoms with Gasteiger partial charge in [0, 0.05) is 17.0 Å². The Morgan fingerprint density at radius 2 is 1.55 bits per heavy atom. The zero-order valence-electron chi connectivity index (χ0n) is 21.6. The van der Waals surface area contributed by atoms with Gasteiger partial charge in [0.25, 0.3) is 0 Å². The molecule has 7 rings (SSSR count). The van der Waals surface area contributed by atoms with E-state index in [1.165, 1.54) is 16.7 Å². The van der Waals surface area contributed by atoms with E-state index in [0.29, 0.717) is 6.54 Å². The summed E-state index contributed by atoms with van der Waals surface area (Å²) in [4.78, 5) is 15.9. The summed E-state index contributed by atoms with van der Waals surface area (Å²) in [5.74, 6) is 0.103. The molecular weight excluding hydrogens is 466 g/mol. The molecule has 4 heteroatoms. The summed E-state index contributed by atoms with van der Waals surface area (Å²) in [5, 5.41) is 5.81. The number of hydrogen-bond donors (Lipinski definition) is 0. The van der Waals surface area contributed by atoms with Crippen molar-refractivity contribution in [3.05, 3.63) is 143 Å². The molecule has 0 bridgehead atoms. The third kappa shape index (κ3) is 3.16. The maximum atomic E-state index is 14.0. The lowest BCUT2D eigenvalue weighted by Crippen LogP contribution is -2.29. The number of aromatic nitrogens is 2. The first kappa shape index (κ1) is 22.7. The van der Waals surface area contributed by atoms with Crippen LogP contribution in [0, 0.1) is 19.8 Å². The summed E-state index contributed by atoms with van der Waals surface area (Å²) in [6.07, 6.45) is 1.94. The molecule has 38 heavy (non-hydrogen) atoms. The van der Waals surface area contributed by atoms with E-state index >= 15 is 0 Å². The van der Waals surface area contributed by atoms with Gasteiger partial charge in [-0.2, -0.15) is 5.10 Å². The number of piperidine rings is 1. The van der Waals surface area contributed by atoms with Crippen LogP contribution in [-0.4, -0.2) is 20.6 Å². The Balaban J connectivity index is 1.36. The minimum absolute atomic E-state index is 0.0824. The molecule has 2 aliphatic rings. The SMILES string of the molecule is C=C1N(Cc2ccccc2)C(=O)C2C(c3ccccc3)C12c1cc2cnn(-c3ccc(C)cc3)c2cc1C. The van der Waals surface area contributed by atoms with Crippen molar-refractivity contribution in [2.75, 3.05) is 0 Å². The second-order valence-corrected chi connectivity index (χ2v) is 10.7. The number of allylic oxidation sites excluding steroid dienone is 1. The van der Waals surface area contributed by atoms with E-state index in [9.17, 15) is 4.79 Å². The molecule has 0 spiro atoms. The number of amides is 1. The Kier molecular flexibility index (Phi) is 4.96. The third-order valence-electron chi connectivity index (χ3n) is 8.52. The van der Waals surface area contributed by atoms with Crippen LogP contribution in [0.25, 0.3) is 16.6 Å². The molecule has 5 aromatic rings. The molecule has 4 aromatic carbocycles. The van der Waals surface area contributed by atoms with Gasteiger partial charge in [-0.1, -0.05) is 84.9 Å². The number of benzene rings is 4. The maximum absolute atomic E-state index is 14.0. The molecule has 0 radical (unpaired) electrons. The molecule has 1 aliphatic carbocycles. The summed E-state index contributed by atoms with van der Waals surface area (Å²) in [6.45, 7) is 9.39. The molecule has 0 N–H and O–H groups in total. The summed E-state index contributed by atoms with van der Waals surface area (Å²) in [5.41, 5.74) is 8.43. The van der Waals surface area contributed by atoms with Gasteiger partial charge in [-0.3, -0.25) is 4.79 Å². The zero-order chi connectivity index (χ0) is 26.0. The molecule has 186 valence electrons. The number of nitrogens with zero attached hydrogens (tertiary/aromatic N) is 3. The van der Waals surface area contributed by atoms with Gasteiger partial charge in [0.15, 0.2) is 0 Å². The fourth-order valence-electron chi connectivity index (χ4n) is 6.67. The summed E-state index contributed by atoms with van der Waals surface area (Å²) >= 11 is 0. The third-order valence-corrected chi connectivity index (χ3v) is 8.52. The molecule has 2 fully saturated rings. The fourth-order valence-corrected chi connectivity index (χ4v) is 6.67. The van der Waals surface area contributed by atoms with Crippen LogP contribution in [-0.2, 0) is 16.8 Å². The minimum Gasteiger partial charge on any atom is -0.311 e. The van der Waals surface area contributed by atoms with Crippen LogP contribution in [0.2, 0.25) is 0 Å². The van der Waals surface area contributed by atoms with Gasteiger partial charge in [-0.25, -0.2) is 4.68 Å². The Bertz CT molecular complexity index is 1700. The second kappa shape index (κ2) is 8.29. The molecule has 1 amide bonds. The second-order valence-electron chi connectivity index (χ2n) is 10.7. The predicted octanol–water partition coefficient (Wildman–Crippen LogP) is 6.85. The number of likely N-dealkylation sites (tertiary alicyclic amines) is 1. The van der Waals surface area contributed by atoms with Crippen LogP contribution in [0.1, 0.15) is 33.7 Å². The van der Waals surface area contributed by atoms with Crippen molar-refractivity contribution >= 4 is 16.8 Å². The Labute approximate surface area is 222 Å². The van der Waals surface area contributed by atoms with Gasteiger partial charge in [0.05, 0.1) is 35.3 Å². The van der Waals surface area contributed by atoms with Crippen LogP contribution in [0.15, 0.2) is 116 Å². The van der Waals surface area contributed by atoms with Crippen molar-refractivity contribution in [2.24, 2.45) is 5.92 Å². The molecular formula is C34H29N3O. The van der Waals surface area contributed by atoms with E-state index < -0.39 is 5.41 Å². The Hall–Kier alpha value is -4.44. The number of hydrogen-bond acceptors (Lipinski definition) is 2. The van der Waals surface area contributed by atoms with Crippen LogP contribution in [0.5, 0.6) is 0 Å². The van der Waals surface area contributed by atoms with Crippen molar-refractivity contribution in [3.8, 4) is 5.69 Å². The molecule has 4 nitrogen and oxygen atoms in total. The number of fused-ring (bicyclic) bond motifs is 2. The first-order chi connectivity index (χ1) is 18.5. The molecule has 1 aromatic heterocycles. The molecule has 1 saturated heterocycles. The van der Waals surface area contributed by atoms with E-state index in [1.807, 2.05) is 40.0 Å². The van der Waals surface area contributed by atoms with Crippen molar-refractivity contribution in [1.29, 1.82) is 0 Å². The highest BCUT2D eigenvalue weighted by atomic mass is 16.2. The fraction of sp³-hybridized carbons (Fsp3) is 0.176. The van der Waals surface area contributed by atoms with E-state index in [0.717, 1.165) is 33.4 Å². The molecule has 3 unspecified atom stereocenters. The van der Waals surface area contributed by atoms with Crippen LogP contribution in [0.3, 0.4) is 0 Å². The minimum atomic E-state index is -0.447. The zero-order valence-corrected chi connectivity index (χ0v) is 21.6. The number of carbonyl (C=O) groups is 1. The van der Waals surface area contributed by atoms with Crippen molar-refractivity contribution in [3.63, 3.8) is 0 Å². The van der Waals surface area contributed by atoms with Gasteiger partial charge in [0.2, 0.25) is 5.91 Å². The maximum Gasteiger partial charge on any atom is 0.232 e. The lowest BCUT2D eigenvalue weighted by Gasteiger charge is -2.28. The normalized spacial score (nSPS) is 22.2. The average Bonchev–Trinajstić information content (AvgIpc) is 3.40. The van der Waals surface area contributed by atoms with Crippen LogP contribution in [0.4, 0.5) is 0 Å². The van der Waals surface area contributed by atoms with E-state index in [2.05, 4.69) is 93.2 Å². The van der Waals surface area contributed by atoms with Crippen molar-refractivity contribution in [1.82, 2.24) is 14.7 Å². The van der Waals surface area contributed by atoms with Crippen molar-refractivity contribution in [2.45, 2.75) is 31.7 Å². The first-order valence-electron chi connectivity index (χ1n) is 13.2. The monoisotopic (exact) mass is 495 g/mol. The predicted molar refractivity (Wildman–Crippen MR) is 151 cm³/mol. The van der Waals surface area contributed by atoms with Gasteiger partial charge >= 0.3 is 0 Å². The molecule has 3 atom stereocenters. The van der Waals surface area contributed by atoms with Gasteiger partial charge < -0.3 is 4.90 Å². The highest BCUT2D eigenvalue weighted by Gasteiger charge is 2.77. The lowest BCUT2D eigenvalue weighted by molar-refractivity contribution is -0.129. The first-order valence-corrected chi connectivity index (χ1v) is 13.2. The number of aryl methyl sites for hydroxylation is 2. The molecule has 1 saturated carbocycles. The summed E-state index contributed by atoms with van der Waals surface area (Å²) in [7, 11) is 0. The van der Waals surface area contributed by atoms with Crippen molar-refractivity contribution < 1.29 is 4.79 Å². The smallest absolute Gasteiger partial charge is 0.232 e. The lowest BCUT2D eigenvalue weighted by atomic mass is 9.84. The Morgan fingerprint density at radius 3 is 2.26 bits per heavy atom. The number of rotatable bonds is 5. The van der Waals surface area contributed by atoms with Gasteiger partial charge in [-0.15, -0.1) is 0 Å². The van der Waals surface area contributed by atoms with E-state index in [1.54, 1.807) is 0 Å².